The molecule has 1 heterocycles. The minimum absolute atomic E-state index is 0.128. The van der Waals surface area contributed by atoms with Crippen LogP contribution in [0, 0.1) is 12.7 Å². The number of thiophene rings is 1. The lowest BCUT2D eigenvalue weighted by atomic mass is 10.1. The molecule has 2 aromatic rings. The van der Waals surface area contributed by atoms with E-state index >= 15 is 0 Å². The Balaban J connectivity index is 2.23. The van der Waals surface area contributed by atoms with Crippen LogP contribution in [0.25, 0.3) is 10.4 Å². The molecule has 0 unspecified atom stereocenters. The lowest BCUT2D eigenvalue weighted by Gasteiger charge is -2.07. The summed E-state index contributed by atoms with van der Waals surface area (Å²) in [5, 5.41) is 5.32. The molecule has 18 heavy (non-hydrogen) atoms. The van der Waals surface area contributed by atoms with E-state index in [0.29, 0.717) is 6.54 Å². The molecule has 0 saturated heterocycles. The molecular weight excluding hydrogens is 245 g/mol. The Labute approximate surface area is 112 Å². The van der Waals surface area contributed by atoms with E-state index in [1.165, 1.54) is 10.4 Å². The predicted octanol–water partition coefficient (Wildman–Crippen LogP) is 4.36. The van der Waals surface area contributed by atoms with Crippen LogP contribution in [-0.2, 0) is 6.54 Å². The molecule has 0 saturated carbocycles. The fourth-order valence-corrected chi connectivity index (χ4v) is 2.84. The molecule has 3 heteroatoms. The Bertz CT molecular complexity index is 519. The Morgan fingerprint density at radius 2 is 2.11 bits per heavy atom. The average Bonchev–Trinajstić information content (AvgIpc) is 2.78. The first kappa shape index (κ1) is 13.2. The number of halogens is 1. The molecule has 0 amide bonds. The zero-order chi connectivity index (χ0) is 13.0. The van der Waals surface area contributed by atoms with Gasteiger partial charge in [0.2, 0.25) is 0 Å². The zero-order valence-electron chi connectivity index (χ0n) is 10.8. The van der Waals surface area contributed by atoms with Crippen LogP contribution in [0.5, 0.6) is 0 Å². The van der Waals surface area contributed by atoms with Gasteiger partial charge in [-0.05, 0) is 54.6 Å². The SMILES string of the molecule is CCCNCc1cc(-c2sccc2C)ccc1F. The number of rotatable bonds is 5. The Hall–Kier alpha value is -1.19. The third-order valence-corrected chi connectivity index (χ3v) is 3.98. The molecule has 0 aliphatic rings. The van der Waals surface area contributed by atoms with E-state index in [0.717, 1.165) is 24.1 Å². The molecule has 0 fully saturated rings. The standard InChI is InChI=1S/C15H18FNS/c1-3-7-17-10-13-9-12(4-5-14(13)16)15-11(2)6-8-18-15/h4-6,8-9,17H,3,7,10H2,1-2H3. The van der Waals surface area contributed by atoms with Crippen molar-refractivity contribution in [2.24, 2.45) is 0 Å². The highest BCUT2D eigenvalue weighted by atomic mass is 32.1. The highest BCUT2D eigenvalue weighted by Gasteiger charge is 2.07. The summed E-state index contributed by atoms with van der Waals surface area (Å²) in [7, 11) is 0. The van der Waals surface area contributed by atoms with E-state index in [4.69, 9.17) is 0 Å². The molecule has 96 valence electrons. The summed E-state index contributed by atoms with van der Waals surface area (Å²) >= 11 is 1.70. The molecule has 0 aliphatic heterocycles. The van der Waals surface area contributed by atoms with Gasteiger partial charge in [0.1, 0.15) is 5.82 Å². The van der Waals surface area contributed by atoms with Crippen LogP contribution in [0.3, 0.4) is 0 Å². The molecule has 1 N–H and O–H groups in total. The van der Waals surface area contributed by atoms with Crippen LogP contribution in [0.4, 0.5) is 4.39 Å². The fourth-order valence-electron chi connectivity index (χ4n) is 1.92. The highest BCUT2D eigenvalue weighted by Crippen LogP contribution is 2.30. The Morgan fingerprint density at radius 3 is 2.78 bits per heavy atom. The summed E-state index contributed by atoms with van der Waals surface area (Å²) in [4.78, 5) is 1.23. The number of hydrogen-bond donors (Lipinski definition) is 1. The molecular formula is C15H18FNS. The molecule has 0 radical (unpaired) electrons. The van der Waals surface area contributed by atoms with Crippen molar-refractivity contribution in [1.29, 1.82) is 0 Å². The Morgan fingerprint density at radius 1 is 1.28 bits per heavy atom. The predicted molar refractivity (Wildman–Crippen MR) is 76.4 cm³/mol. The first-order chi connectivity index (χ1) is 8.72. The van der Waals surface area contributed by atoms with Gasteiger partial charge in [-0.1, -0.05) is 13.0 Å². The minimum Gasteiger partial charge on any atom is -0.313 e. The van der Waals surface area contributed by atoms with Crippen LogP contribution in [0.15, 0.2) is 29.6 Å². The van der Waals surface area contributed by atoms with Gasteiger partial charge in [0.25, 0.3) is 0 Å². The average molecular weight is 263 g/mol. The molecule has 0 aliphatic carbocycles. The highest BCUT2D eigenvalue weighted by molar-refractivity contribution is 7.13. The molecule has 1 aromatic heterocycles. The summed E-state index contributed by atoms with van der Waals surface area (Å²) in [6.45, 7) is 5.71. The van der Waals surface area contributed by atoms with Crippen molar-refractivity contribution in [1.82, 2.24) is 5.32 Å². The van der Waals surface area contributed by atoms with E-state index in [2.05, 4.69) is 30.6 Å². The monoisotopic (exact) mass is 263 g/mol. The van der Waals surface area contributed by atoms with Crippen molar-refractivity contribution in [3.05, 3.63) is 46.6 Å². The summed E-state index contributed by atoms with van der Waals surface area (Å²) < 4.78 is 13.7. The summed E-state index contributed by atoms with van der Waals surface area (Å²) in [6, 6.07) is 7.48. The lowest BCUT2D eigenvalue weighted by molar-refractivity contribution is 0.587. The maximum atomic E-state index is 13.7. The quantitative estimate of drug-likeness (QED) is 0.790. The van der Waals surface area contributed by atoms with Gasteiger partial charge in [-0.25, -0.2) is 4.39 Å². The minimum atomic E-state index is -0.128. The van der Waals surface area contributed by atoms with Crippen molar-refractivity contribution >= 4 is 11.3 Å². The van der Waals surface area contributed by atoms with Crippen LogP contribution in [0.2, 0.25) is 0 Å². The molecule has 0 bridgehead atoms. The van der Waals surface area contributed by atoms with E-state index in [9.17, 15) is 4.39 Å². The van der Waals surface area contributed by atoms with E-state index < -0.39 is 0 Å². The maximum Gasteiger partial charge on any atom is 0.127 e. The molecule has 1 aromatic carbocycles. The van der Waals surface area contributed by atoms with E-state index in [1.54, 1.807) is 17.4 Å². The van der Waals surface area contributed by atoms with Crippen LogP contribution in [-0.4, -0.2) is 6.54 Å². The molecule has 2 rings (SSSR count). The van der Waals surface area contributed by atoms with Gasteiger partial charge in [-0.2, -0.15) is 0 Å². The summed E-state index contributed by atoms with van der Waals surface area (Å²) in [5.41, 5.74) is 3.10. The molecule has 1 nitrogen and oxygen atoms in total. The zero-order valence-corrected chi connectivity index (χ0v) is 11.6. The van der Waals surface area contributed by atoms with Crippen molar-refractivity contribution in [3.63, 3.8) is 0 Å². The third-order valence-electron chi connectivity index (χ3n) is 2.91. The van der Waals surface area contributed by atoms with Gasteiger partial charge in [-0.15, -0.1) is 11.3 Å². The van der Waals surface area contributed by atoms with Crippen molar-refractivity contribution in [2.75, 3.05) is 6.54 Å². The van der Waals surface area contributed by atoms with E-state index in [-0.39, 0.29) is 5.82 Å². The van der Waals surface area contributed by atoms with Crippen LogP contribution < -0.4 is 5.32 Å². The molecule has 0 atom stereocenters. The number of aryl methyl sites for hydroxylation is 1. The number of hydrogen-bond acceptors (Lipinski definition) is 2. The van der Waals surface area contributed by atoms with Crippen LogP contribution in [0.1, 0.15) is 24.5 Å². The first-order valence-corrected chi connectivity index (χ1v) is 7.14. The largest absolute Gasteiger partial charge is 0.313 e. The van der Waals surface area contributed by atoms with Gasteiger partial charge >= 0.3 is 0 Å². The molecule has 0 spiro atoms. The van der Waals surface area contributed by atoms with Gasteiger partial charge in [0, 0.05) is 17.0 Å². The fraction of sp³-hybridized carbons (Fsp3) is 0.333. The summed E-state index contributed by atoms with van der Waals surface area (Å²) in [5.74, 6) is -0.128. The number of nitrogens with one attached hydrogen (secondary N) is 1. The second kappa shape index (κ2) is 6.12. The normalized spacial score (nSPS) is 10.8. The topological polar surface area (TPSA) is 12.0 Å². The van der Waals surface area contributed by atoms with Crippen molar-refractivity contribution in [3.8, 4) is 10.4 Å². The van der Waals surface area contributed by atoms with Gasteiger partial charge < -0.3 is 5.32 Å². The smallest absolute Gasteiger partial charge is 0.127 e. The van der Waals surface area contributed by atoms with Gasteiger partial charge in [0.05, 0.1) is 0 Å². The lowest BCUT2D eigenvalue weighted by Crippen LogP contribution is -2.14. The van der Waals surface area contributed by atoms with Gasteiger partial charge in [-0.3, -0.25) is 0 Å². The Kier molecular flexibility index (Phi) is 4.50. The first-order valence-electron chi connectivity index (χ1n) is 6.26. The van der Waals surface area contributed by atoms with Crippen molar-refractivity contribution < 1.29 is 4.39 Å². The third kappa shape index (κ3) is 2.98. The number of benzene rings is 1. The summed E-state index contributed by atoms with van der Waals surface area (Å²) in [6.07, 6.45) is 1.06. The van der Waals surface area contributed by atoms with E-state index in [1.807, 2.05) is 12.1 Å². The van der Waals surface area contributed by atoms with Crippen LogP contribution >= 0.6 is 11.3 Å². The van der Waals surface area contributed by atoms with Gasteiger partial charge in [0.15, 0.2) is 0 Å². The second-order valence-electron chi connectivity index (χ2n) is 4.42. The maximum absolute atomic E-state index is 13.7. The second-order valence-corrected chi connectivity index (χ2v) is 5.33. The van der Waals surface area contributed by atoms with Crippen molar-refractivity contribution in [2.45, 2.75) is 26.8 Å².